The zero-order chi connectivity index (χ0) is 16.9. The average Bonchev–Trinajstić information content (AvgIpc) is 2.96. The summed E-state index contributed by atoms with van der Waals surface area (Å²) in [5.41, 5.74) is 1.88. The van der Waals surface area contributed by atoms with Gasteiger partial charge in [0.25, 0.3) is 0 Å². The lowest BCUT2D eigenvalue weighted by Crippen LogP contribution is -2.19. The molecule has 6 heteroatoms. The lowest BCUT2D eigenvalue weighted by atomic mass is 10.3. The summed E-state index contributed by atoms with van der Waals surface area (Å²) in [5.74, 6) is 1.20. The Morgan fingerprint density at radius 2 is 1.88 bits per heavy atom. The topological polar surface area (TPSA) is 67.2 Å². The minimum atomic E-state index is -1.06. The van der Waals surface area contributed by atoms with Crippen molar-refractivity contribution < 1.29 is 9.32 Å². The quantitative estimate of drug-likeness (QED) is 0.692. The van der Waals surface area contributed by atoms with Crippen LogP contribution in [0.25, 0.3) is 11.0 Å². The molecule has 0 fully saturated rings. The molecule has 1 heterocycles. The van der Waals surface area contributed by atoms with Crippen molar-refractivity contribution >= 4 is 27.8 Å². The summed E-state index contributed by atoms with van der Waals surface area (Å²) >= 11 is 0. The third-order valence-corrected chi connectivity index (χ3v) is 5.07. The summed E-state index contributed by atoms with van der Waals surface area (Å²) in [6.45, 7) is 2.74. The zero-order valence-corrected chi connectivity index (χ0v) is 14.4. The Labute approximate surface area is 143 Å². The van der Waals surface area contributed by atoms with Gasteiger partial charge in [0.1, 0.15) is 0 Å². The van der Waals surface area contributed by atoms with Crippen molar-refractivity contribution in [3.05, 3.63) is 54.6 Å². The van der Waals surface area contributed by atoms with Gasteiger partial charge in [0.15, 0.2) is 0 Å². The fraction of sp³-hybridized carbons (Fsp3) is 0.278. The number of fused-ring (bicyclic) bond motifs is 1. The summed E-state index contributed by atoms with van der Waals surface area (Å²) in [4.78, 5) is 5.41. The number of hydrogen-bond donors (Lipinski definition) is 2. The van der Waals surface area contributed by atoms with Crippen molar-refractivity contribution in [2.45, 2.75) is 24.5 Å². The molecule has 24 heavy (non-hydrogen) atoms. The largest absolute Gasteiger partial charge is 0.392 e. The molecule has 1 aromatic heterocycles. The second-order valence-electron chi connectivity index (χ2n) is 5.67. The number of nitrogens with one attached hydrogen (secondary N) is 1. The first-order valence-electron chi connectivity index (χ1n) is 7.96. The van der Waals surface area contributed by atoms with E-state index >= 15 is 0 Å². The molecule has 0 radical (unpaired) electrons. The molecule has 126 valence electrons. The number of imidazole rings is 1. The molecular formula is C18H21N3O2S. The van der Waals surface area contributed by atoms with Crippen LogP contribution < -0.4 is 5.32 Å². The summed E-state index contributed by atoms with van der Waals surface area (Å²) in [6, 6.07) is 17.3. The number of anilines is 1. The van der Waals surface area contributed by atoms with Gasteiger partial charge in [0.2, 0.25) is 5.95 Å². The maximum absolute atomic E-state index is 12.5. The molecule has 0 saturated heterocycles. The smallest absolute Gasteiger partial charge is 0.204 e. The number of aromatic nitrogens is 2. The number of aliphatic hydroxyl groups excluding tert-OH is 1. The number of rotatable bonds is 7. The highest BCUT2D eigenvalue weighted by atomic mass is 32.2. The van der Waals surface area contributed by atoms with Gasteiger partial charge in [-0.2, -0.15) is 0 Å². The summed E-state index contributed by atoms with van der Waals surface area (Å²) in [6.07, 6.45) is -0.461. The molecule has 0 spiro atoms. The number of aliphatic hydroxyl groups is 1. The molecule has 0 amide bonds. The van der Waals surface area contributed by atoms with Crippen LogP contribution in [0.3, 0.4) is 0 Å². The Kier molecular flexibility index (Phi) is 5.27. The highest BCUT2D eigenvalue weighted by Gasteiger charge is 2.12. The van der Waals surface area contributed by atoms with Gasteiger partial charge in [-0.1, -0.05) is 30.3 Å². The van der Waals surface area contributed by atoms with Crippen LogP contribution in [0, 0.1) is 0 Å². The van der Waals surface area contributed by atoms with Crippen LogP contribution in [-0.2, 0) is 17.3 Å². The maximum atomic E-state index is 12.5. The van der Waals surface area contributed by atoms with Crippen molar-refractivity contribution in [3.8, 4) is 0 Å². The Bertz CT molecular complexity index is 831. The summed E-state index contributed by atoms with van der Waals surface area (Å²) in [7, 11) is -1.06. The van der Waals surface area contributed by atoms with Crippen molar-refractivity contribution in [1.82, 2.24) is 9.55 Å². The van der Waals surface area contributed by atoms with E-state index in [1.807, 2.05) is 59.2 Å². The van der Waals surface area contributed by atoms with Crippen molar-refractivity contribution in [1.29, 1.82) is 0 Å². The molecule has 0 aliphatic carbocycles. The van der Waals surface area contributed by atoms with E-state index in [0.717, 1.165) is 15.9 Å². The maximum Gasteiger partial charge on any atom is 0.204 e. The molecule has 2 N–H and O–H groups in total. The standard InChI is InChI=1S/C18H21N3O2S/c1-14(22)13-19-18-20-16-9-5-6-10-17(16)21(18)11-12-24(23)15-7-3-2-4-8-15/h2-10,14,22H,11-13H2,1H3,(H,19,20)/t14-,24+/m0/s1. The van der Waals surface area contributed by atoms with E-state index in [1.165, 1.54) is 0 Å². The van der Waals surface area contributed by atoms with E-state index in [9.17, 15) is 9.32 Å². The van der Waals surface area contributed by atoms with E-state index in [2.05, 4.69) is 10.3 Å². The zero-order valence-electron chi connectivity index (χ0n) is 13.6. The molecule has 3 aromatic rings. The highest BCUT2D eigenvalue weighted by Crippen LogP contribution is 2.20. The van der Waals surface area contributed by atoms with Gasteiger partial charge < -0.3 is 15.0 Å². The molecule has 2 aromatic carbocycles. The Hall–Kier alpha value is -2.18. The van der Waals surface area contributed by atoms with Crippen LogP contribution in [0.15, 0.2) is 59.5 Å². The molecular weight excluding hydrogens is 322 g/mol. The van der Waals surface area contributed by atoms with Gasteiger partial charge in [0, 0.05) is 23.7 Å². The van der Waals surface area contributed by atoms with Crippen molar-refractivity contribution in [2.75, 3.05) is 17.6 Å². The second-order valence-corrected chi connectivity index (χ2v) is 7.24. The minimum Gasteiger partial charge on any atom is -0.392 e. The van der Waals surface area contributed by atoms with Gasteiger partial charge in [-0.15, -0.1) is 0 Å². The van der Waals surface area contributed by atoms with Crippen LogP contribution in [0.1, 0.15) is 6.92 Å². The average molecular weight is 343 g/mol. The first-order chi connectivity index (χ1) is 11.6. The molecule has 2 atom stereocenters. The molecule has 0 saturated carbocycles. The molecule has 0 aliphatic heterocycles. The van der Waals surface area contributed by atoms with Gasteiger partial charge in [0.05, 0.1) is 27.9 Å². The van der Waals surface area contributed by atoms with Crippen LogP contribution >= 0.6 is 0 Å². The molecule has 0 unspecified atom stereocenters. The third-order valence-electron chi connectivity index (χ3n) is 3.72. The van der Waals surface area contributed by atoms with Crippen LogP contribution in [0.5, 0.6) is 0 Å². The highest BCUT2D eigenvalue weighted by molar-refractivity contribution is 7.85. The van der Waals surface area contributed by atoms with Gasteiger partial charge >= 0.3 is 0 Å². The third kappa shape index (κ3) is 3.83. The Morgan fingerprint density at radius 1 is 1.17 bits per heavy atom. The van der Waals surface area contributed by atoms with Crippen LogP contribution in [0.4, 0.5) is 5.95 Å². The number of aryl methyl sites for hydroxylation is 1. The summed E-state index contributed by atoms with van der Waals surface area (Å²) in [5, 5.41) is 12.7. The monoisotopic (exact) mass is 343 g/mol. The van der Waals surface area contributed by atoms with Gasteiger partial charge in [-0.3, -0.25) is 4.21 Å². The lowest BCUT2D eigenvalue weighted by Gasteiger charge is -2.12. The fourth-order valence-electron chi connectivity index (χ4n) is 2.54. The van der Waals surface area contributed by atoms with E-state index in [-0.39, 0.29) is 0 Å². The van der Waals surface area contributed by atoms with Crippen LogP contribution in [0.2, 0.25) is 0 Å². The number of benzene rings is 2. The molecule has 5 nitrogen and oxygen atoms in total. The minimum absolute atomic E-state index is 0.422. The van der Waals surface area contributed by atoms with Gasteiger partial charge in [-0.25, -0.2) is 4.98 Å². The Morgan fingerprint density at radius 3 is 2.62 bits per heavy atom. The number of hydrogen-bond acceptors (Lipinski definition) is 4. The predicted octanol–water partition coefficient (Wildman–Crippen LogP) is 2.64. The normalized spacial score (nSPS) is 13.8. The first kappa shape index (κ1) is 16.7. The Balaban J connectivity index is 1.81. The number of nitrogens with zero attached hydrogens (tertiary/aromatic N) is 2. The van der Waals surface area contributed by atoms with E-state index in [0.29, 0.717) is 24.8 Å². The fourth-order valence-corrected chi connectivity index (χ4v) is 3.58. The lowest BCUT2D eigenvalue weighted by molar-refractivity contribution is 0.208. The van der Waals surface area contributed by atoms with E-state index in [1.54, 1.807) is 6.92 Å². The SMILES string of the molecule is C[C@H](O)CNc1nc2ccccc2n1CC[S@@](=O)c1ccccc1. The van der Waals surface area contributed by atoms with Gasteiger partial charge in [-0.05, 0) is 31.2 Å². The molecule has 0 aliphatic rings. The molecule has 0 bridgehead atoms. The van der Waals surface area contributed by atoms with Crippen molar-refractivity contribution in [2.24, 2.45) is 0 Å². The van der Waals surface area contributed by atoms with E-state index < -0.39 is 16.9 Å². The van der Waals surface area contributed by atoms with E-state index in [4.69, 9.17) is 0 Å². The first-order valence-corrected chi connectivity index (χ1v) is 9.27. The molecule has 3 rings (SSSR count). The predicted molar refractivity (Wildman–Crippen MR) is 97.6 cm³/mol. The van der Waals surface area contributed by atoms with Crippen LogP contribution in [-0.4, -0.2) is 37.3 Å². The van der Waals surface area contributed by atoms with Crippen molar-refractivity contribution in [3.63, 3.8) is 0 Å². The summed E-state index contributed by atoms with van der Waals surface area (Å²) < 4.78 is 14.5. The number of para-hydroxylation sites is 2. The second kappa shape index (κ2) is 7.59.